The van der Waals surface area contributed by atoms with Crippen molar-refractivity contribution in [2.45, 2.75) is 6.92 Å². The monoisotopic (exact) mass is 418 g/mol. The Hall–Kier alpha value is -3.21. The Bertz CT molecular complexity index is 1240. The fraction of sp³-hybridized carbons (Fsp3) is 0.0667. The second kappa shape index (κ2) is 7.49. The van der Waals surface area contributed by atoms with Crippen LogP contribution in [-0.2, 0) is 0 Å². The van der Waals surface area contributed by atoms with Gasteiger partial charge in [0.05, 0.1) is 0 Å². The Balaban J connectivity index is 2.10. The molecule has 1 heteroatoms. The van der Waals surface area contributed by atoms with Gasteiger partial charge in [0.15, 0.2) is 0 Å². The Morgan fingerprint density at radius 2 is 0.871 bits per heavy atom. The van der Waals surface area contributed by atoms with E-state index in [1.54, 1.807) is 0 Å². The minimum atomic E-state index is -3.04. The van der Waals surface area contributed by atoms with E-state index in [9.17, 15) is 0 Å². The quantitative estimate of drug-likeness (QED) is 0.317. The molecule has 5 aromatic rings. The summed E-state index contributed by atoms with van der Waals surface area (Å²) in [7, 11) is 0. The predicted molar refractivity (Wildman–Crippen MR) is 139 cm³/mol. The standard InChI is InChI=1S/C30H27P/c1-24-22-23-25-14-12-13-21-29(25)30(24)31(2,26-15-6-3-7-16-26,27-17-8-4-9-18-27)28-19-10-5-11-20-28/h3-23H,1-2H3. The zero-order valence-electron chi connectivity index (χ0n) is 18.1. The SMILES string of the molecule is Cc1ccc2ccccc2c1P(C)(c1ccccc1)(c1ccccc1)c1ccccc1. The molecule has 0 fully saturated rings. The van der Waals surface area contributed by atoms with Gasteiger partial charge in [-0.25, -0.2) is 0 Å². The fourth-order valence-corrected chi connectivity index (χ4v) is 11.5. The summed E-state index contributed by atoms with van der Waals surface area (Å²) in [5, 5.41) is 8.29. The number of rotatable bonds is 4. The summed E-state index contributed by atoms with van der Waals surface area (Å²) >= 11 is 0. The molecule has 0 aliphatic carbocycles. The average molecular weight is 419 g/mol. The Kier molecular flexibility index (Phi) is 4.77. The average Bonchev–Trinajstić information content (AvgIpc) is 2.85. The van der Waals surface area contributed by atoms with Crippen molar-refractivity contribution in [3.05, 3.63) is 133 Å². The molecule has 0 radical (unpaired) electrons. The summed E-state index contributed by atoms with van der Waals surface area (Å²) in [6.45, 7) is 1.78. The molecule has 0 unspecified atom stereocenters. The van der Waals surface area contributed by atoms with E-state index in [-0.39, 0.29) is 0 Å². The third kappa shape index (κ3) is 2.79. The molecule has 0 bridgehead atoms. The van der Waals surface area contributed by atoms with Gasteiger partial charge in [-0.15, -0.1) is 0 Å². The van der Waals surface area contributed by atoms with Gasteiger partial charge in [0.25, 0.3) is 0 Å². The van der Waals surface area contributed by atoms with Crippen molar-refractivity contribution >= 4 is 38.6 Å². The van der Waals surface area contributed by atoms with Crippen molar-refractivity contribution < 1.29 is 0 Å². The van der Waals surface area contributed by atoms with Crippen LogP contribution in [-0.4, -0.2) is 6.66 Å². The molecule has 0 aliphatic rings. The van der Waals surface area contributed by atoms with E-state index in [1.807, 2.05) is 0 Å². The van der Waals surface area contributed by atoms with Gasteiger partial charge in [-0.3, -0.25) is 0 Å². The van der Waals surface area contributed by atoms with E-state index in [1.165, 1.54) is 37.6 Å². The summed E-state index contributed by atoms with van der Waals surface area (Å²) in [5.74, 6) is 0. The van der Waals surface area contributed by atoms with E-state index in [0.29, 0.717) is 0 Å². The van der Waals surface area contributed by atoms with Crippen LogP contribution in [0.2, 0.25) is 0 Å². The van der Waals surface area contributed by atoms with Gasteiger partial charge in [0, 0.05) is 0 Å². The first kappa shape index (κ1) is 19.7. The van der Waals surface area contributed by atoms with Gasteiger partial charge in [-0.1, -0.05) is 0 Å². The van der Waals surface area contributed by atoms with E-state index >= 15 is 0 Å². The fourth-order valence-electron chi connectivity index (χ4n) is 5.34. The zero-order chi connectivity index (χ0) is 21.3. The molecule has 0 aromatic heterocycles. The van der Waals surface area contributed by atoms with Gasteiger partial charge in [0.2, 0.25) is 0 Å². The van der Waals surface area contributed by atoms with Crippen LogP contribution >= 0.6 is 6.60 Å². The number of benzene rings is 5. The zero-order valence-corrected chi connectivity index (χ0v) is 19.0. The van der Waals surface area contributed by atoms with Crippen LogP contribution in [0.4, 0.5) is 0 Å². The molecular formula is C30H27P. The minimum absolute atomic E-state index is 1.29. The molecule has 5 rings (SSSR count). The third-order valence-corrected chi connectivity index (χ3v) is 13.3. The van der Waals surface area contributed by atoms with E-state index in [4.69, 9.17) is 0 Å². The van der Waals surface area contributed by atoms with Crippen LogP contribution in [0.25, 0.3) is 10.8 Å². The van der Waals surface area contributed by atoms with Crippen LogP contribution in [0.5, 0.6) is 0 Å². The van der Waals surface area contributed by atoms with E-state index in [0.717, 1.165) is 0 Å². The van der Waals surface area contributed by atoms with Gasteiger partial charge in [-0.05, 0) is 0 Å². The van der Waals surface area contributed by atoms with Crippen molar-refractivity contribution in [1.29, 1.82) is 0 Å². The maximum absolute atomic E-state index is 3.04. The maximum atomic E-state index is 2.54. The molecule has 0 spiro atoms. The molecule has 0 saturated carbocycles. The Morgan fingerprint density at radius 1 is 0.452 bits per heavy atom. The molecule has 5 aromatic carbocycles. The summed E-state index contributed by atoms with van der Waals surface area (Å²) < 4.78 is 0. The molecule has 31 heavy (non-hydrogen) atoms. The summed E-state index contributed by atoms with van der Waals surface area (Å²) in [5.41, 5.74) is 1.34. The number of aryl methyl sites for hydroxylation is 1. The van der Waals surface area contributed by atoms with Crippen LogP contribution in [0, 0.1) is 6.92 Å². The molecule has 0 nitrogen and oxygen atoms in total. The number of hydrogen-bond donors (Lipinski definition) is 0. The van der Waals surface area contributed by atoms with Crippen LogP contribution in [0.1, 0.15) is 5.56 Å². The Labute approximate surface area is 185 Å². The third-order valence-electron chi connectivity index (χ3n) is 6.87. The van der Waals surface area contributed by atoms with Gasteiger partial charge in [0.1, 0.15) is 0 Å². The molecule has 0 heterocycles. The summed E-state index contributed by atoms with van der Waals surface area (Å²) in [6.07, 6.45) is 0. The van der Waals surface area contributed by atoms with Gasteiger partial charge >= 0.3 is 185 Å². The second-order valence-corrected chi connectivity index (χ2v) is 13.7. The van der Waals surface area contributed by atoms with Gasteiger partial charge in [-0.2, -0.15) is 0 Å². The van der Waals surface area contributed by atoms with Crippen molar-refractivity contribution in [3.8, 4) is 0 Å². The van der Waals surface area contributed by atoms with Crippen LogP contribution in [0.3, 0.4) is 0 Å². The predicted octanol–water partition coefficient (Wildman–Crippen LogP) is 5.93. The van der Waals surface area contributed by atoms with E-state index in [2.05, 4.69) is 141 Å². The summed E-state index contributed by atoms with van der Waals surface area (Å²) in [6, 6.07) is 46.9. The molecule has 0 saturated heterocycles. The molecule has 152 valence electrons. The number of fused-ring (bicyclic) bond motifs is 1. The molecule has 0 aliphatic heterocycles. The number of hydrogen-bond acceptors (Lipinski definition) is 0. The normalized spacial score (nSPS) is 12.9. The first-order valence-corrected chi connectivity index (χ1v) is 13.5. The topological polar surface area (TPSA) is 0 Å². The molecule has 0 N–H and O–H groups in total. The van der Waals surface area contributed by atoms with Crippen LogP contribution in [0.15, 0.2) is 127 Å². The van der Waals surface area contributed by atoms with Crippen molar-refractivity contribution in [3.63, 3.8) is 0 Å². The first-order valence-electron chi connectivity index (χ1n) is 10.8. The molecule has 0 amide bonds. The van der Waals surface area contributed by atoms with Gasteiger partial charge < -0.3 is 0 Å². The summed E-state index contributed by atoms with van der Waals surface area (Å²) in [4.78, 5) is 0. The van der Waals surface area contributed by atoms with E-state index < -0.39 is 6.60 Å². The Morgan fingerprint density at radius 3 is 1.35 bits per heavy atom. The first-order chi connectivity index (χ1) is 15.1. The molecule has 0 atom stereocenters. The second-order valence-electron chi connectivity index (χ2n) is 8.52. The van der Waals surface area contributed by atoms with Crippen molar-refractivity contribution in [1.82, 2.24) is 0 Å². The molecular weight excluding hydrogens is 391 g/mol. The van der Waals surface area contributed by atoms with Crippen LogP contribution < -0.4 is 21.2 Å². The van der Waals surface area contributed by atoms with Crippen molar-refractivity contribution in [2.24, 2.45) is 0 Å². The van der Waals surface area contributed by atoms with Crippen molar-refractivity contribution in [2.75, 3.05) is 6.66 Å².